The predicted molar refractivity (Wildman–Crippen MR) is 112 cm³/mol. The topological polar surface area (TPSA) is 46.6 Å². The number of hydrogen-bond donors (Lipinski definition) is 0. The summed E-state index contributed by atoms with van der Waals surface area (Å²) in [5, 5.41) is 0.806. The number of rotatable bonds is 1. The Bertz CT molecular complexity index is 842. The number of carbonyl (C=O) groups excluding carboxylic acids is 2. The number of ether oxygens (including phenoxy) is 1. The SMILES string of the molecule is C=C1C(=O)N(C)c2cc(Cl)ccc21.CC(C)(C)OC=O.Fc1ccccc1Cl. The van der Waals surface area contributed by atoms with E-state index in [9.17, 15) is 14.0 Å². The minimum atomic E-state index is -0.367. The number of benzene rings is 2. The average Bonchev–Trinajstić information content (AvgIpc) is 2.82. The minimum absolute atomic E-state index is 0.0581. The van der Waals surface area contributed by atoms with Gasteiger partial charge in [-0.2, -0.15) is 0 Å². The van der Waals surface area contributed by atoms with E-state index in [4.69, 9.17) is 23.2 Å². The molecule has 0 spiro atoms. The van der Waals surface area contributed by atoms with Crippen molar-refractivity contribution in [1.82, 2.24) is 0 Å². The third-order valence-electron chi connectivity index (χ3n) is 3.44. The summed E-state index contributed by atoms with van der Waals surface area (Å²) in [6, 6.07) is 11.5. The Hall–Kier alpha value is -2.37. The minimum Gasteiger partial charge on any atom is -0.462 e. The lowest BCUT2D eigenvalue weighted by molar-refractivity contribution is -0.138. The van der Waals surface area contributed by atoms with Gasteiger partial charge in [-0.15, -0.1) is 0 Å². The van der Waals surface area contributed by atoms with Crippen LogP contribution in [-0.4, -0.2) is 25.0 Å². The number of likely N-dealkylation sites (N-methyl/N-ethyl adjacent to an activating group) is 1. The quantitative estimate of drug-likeness (QED) is 0.430. The molecule has 0 saturated carbocycles. The lowest BCUT2D eigenvalue weighted by Crippen LogP contribution is -2.19. The number of amides is 1. The molecule has 28 heavy (non-hydrogen) atoms. The second-order valence-electron chi connectivity index (χ2n) is 6.74. The zero-order valence-corrected chi connectivity index (χ0v) is 17.6. The van der Waals surface area contributed by atoms with Crippen molar-refractivity contribution >= 4 is 46.8 Å². The lowest BCUT2D eigenvalue weighted by Gasteiger charge is -2.14. The van der Waals surface area contributed by atoms with E-state index in [1.165, 1.54) is 12.1 Å². The maximum absolute atomic E-state index is 12.2. The molecule has 0 unspecified atom stereocenters. The van der Waals surface area contributed by atoms with Crippen LogP contribution in [0, 0.1) is 5.82 Å². The van der Waals surface area contributed by atoms with Gasteiger partial charge >= 0.3 is 0 Å². The molecule has 2 aromatic rings. The molecule has 0 radical (unpaired) electrons. The molecule has 0 aromatic heterocycles. The van der Waals surface area contributed by atoms with E-state index in [1.54, 1.807) is 36.2 Å². The van der Waals surface area contributed by atoms with E-state index >= 15 is 0 Å². The van der Waals surface area contributed by atoms with Gasteiger partial charge in [-0.25, -0.2) is 4.39 Å². The Morgan fingerprint density at radius 2 is 1.75 bits per heavy atom. The Kier molecular flexibility index (Phi) is 8.66. The van der Waals surface area contributed by atoms with Crippen LogP contribution in [-0.2, 0) is 14.3 Å². The van der Waals surface area contributed by atoms with Crippen LogP contribution in [0.3, 0.4) is 0 Å². The maximum Gasteiger partial charge on any atom is 0.293 e. The van der Waals surface area contributed by atoms with Crippen molar-refractivity contribution in [3.05, 3.63) is 70.5 Å². The first-order valence-corrected chi connectivity index (χ1v) is 9.02. The average molecular weight is 426 g/mol. The first-order chi connectivity index (χ1) is 13.0. The zero-order valence-electron chi connectivity index (χ0n) is 16.1. The molecule has 0 saturated heterocycles. The summed E-state index contributed by atoms with van der Waals surface area (Å²) < 4.78 is 16.7. The van der Waals surface area contributed by atoms with Gasteiger partial charge in [0.1, 0.15) is 11.4 Å². The van der Waals surface area contributed by atoms with Crippen molar-refractivity contribution in [2.24, 2.45) is 0 Å². The molecule has 0 aliphatic carbocycles. The molecule has 0 fully saturated rings. The highest BCUT2D eigenvalue weighted by Gasteiger charge is 2.27. The summed E-state index contributed by atoms with van der Waals surface area (Å²) in [7, 11) is 1.72. The van der Waals surface area contributed by atoms with E-state index in [0.29, 0.717) is 17.1 Å². The van der Waals surface area contributed by atoms with Crippen LogP contribution in [0.25, 0.3) is 5.57 Å². The number of halogens is 3. The first kappa shape index (κ1) is 23.7. The number of carbonyl (C=O) groups is 2. The Balaban J connectivity index is 0.000000227. The zero-order chi connectivity index (χ0) is 21.5. The first-order valence-electron chi connectivity index (χ1n) is 8.26. The summed E-state index contributed by atoms with van der Waals surface area (Å²) >= 11 is 11.2. The fourth-order valence-electron chi connectivity index (χ4n) is 2.05. The highest BCUT2D eigenvalue weighted by atomic mass is 35.5. The summed E-state index contributed by atoms with van der Waals surface area (Å²) in [4.78, 5) is 22.6. The van der Waals surface area contributed by atoms with E-state index in [2.05, 4.69) is 11.3 Å². The third kappa shape index (κ3) is 6.98. The summed E-state index contributed by atoms with van der Waals surface area (Å²) in [6.45, 7) is 9.64. The van der Waals surface area contributed by atoms with Crippen LogP contribution in [0.2, 0.25) is 10.0 Å². The second-order valence-corrected chi connectivity index (χ2v) is 7.59. The third-order valence-corrected chi connectivity index (χ3v) is 3.98. The molecule has 1 heterocycles. The fraction of sp³-hybridized carbons (Fsp3) is 0.238. The fourth-order valence-corrected chi connectivity index (χ4v) is 2.35. The standard InChI is InChI=1S/C10H8ClNO.C6H4ClF.C5H10O2/c1-6-8-4-3-7(11)5-9(8)12(2)10(6)13;7-5-3-1-2-4-6(5)8;1-5(2,3)7-4-6/h3-5H,1H2,2H3;1-4H;4H,1-3H3. The van der Waals surface area contributed by atoms with E-state index in [0.717, 1.165) is 11.3 Å². The van der Waals surface area contributed by atoms with Crippen LogP contribution in [0.15, 0.2) is 49.0 Å². The van der Waals surface area contributed by atoms with E-state index in [-0.39, 0.29) is 22.3 Å². The molecular formula is C21H22Cl2FNO3. The Morgan fingerprint density at radius 1 is 1.14 bits per heavy atom. The van der Waals surface area contributed by atoms with Crippen molar-refractivity contribution in [2.45, 2.75) is 26.4 Å². The highest BCUT2D eigenvalue weighted by Crippen LogP contribution is 2.36. The van der Waals surface area contributed by atoms with Gasteiger partial charge in [0.15, 0.2) is 0 Å². The van der Waals surface area contributed by atoms with Gasteiger partial charge in [0.25, 0.3) is 12.4 Å². The van der Waals surface area contributed by atoms with Crippen molar-refractivity contribution in [1.29, 1.82) is 0 Å². The Labute approximate surface area is 174 Å². The molecule has 7 heteroatoms. The number of nitrogens with zero attached hydrogens (tertiary/aromatic N) is 1. The van der Waals surface area contributed by atoms with Crippen LogP contribution in [0.4, 0.5) is 10.1 Å². The van der Waals surface area contributed by atoms with Gasteiger partial charge in [-0.1, -0.05) is 48.0 Å². The second kappa shape index (κ2) is 10.2. The van der Waals surface area contributed by atoms with Gasteiger partial charge < -0.3 is 9.64 Å². The predicted octanol–water partition coefficient (Wildman–Crippen LogP) is 5.77. The van der Waals surface area contributed by atoms with Crippen LogP contribution in [0.5, 0.6) is 0 Å². The normalized spacial score (nSPS) is 12.3. The van der Waals surface area contributed by atoms with Crippen molar-refractivity contribution in [3.8, 4) is 0 Å². The summed E-state index contributed by atoms with van der Waals surface area (Å²) in [6.07, 6.45) is 0. The van der Waals surface area contributed by atoms with Gasteiger partial charge in [0, 0.05) is 23.2 Å². The molecule has 1 aliphatic rings. The van der Waals surface area contributed by atoms with Crippen LogP contribution in [0.1, 0.15) is 26.3 Å². The molecular weight excluding hydrogens is 404 g/mol. The largest absolute Gasteiger partial charge is 0.462 e. The van der Waals surface area contributed by atoms with Gasteiger partial charge in [-0.3, -0.25) is 9.59 Å². The molecule has 2 aromatic carbocycles. The van der Waals surface area contributed by atoms with Crippen molar-refractivity contribution in [3.63, 3.8) is 0 Å². The van der Waals surface area contributed by atoms with Gasteiger partial charge in [-0.05, 0) is 45.0 Å². The molecule has 3 rings (SSSR count). The molecule has 0 N–H and O–H groups in total. The molecule has 150 valence electrons. The smallest absolute Gasteiger partial charge is 0.293 e. The number of hydrogen-bond acceptors (Lipinski definition) is 3. The summed E-state index contributed by atoms with van der Waals surface area (Å²) in [5.41, 5.74) is 1.93. The molecule has 1 aliphatic heterocycles. The van der Waals surface area contributed by atoms with Crippen LogP contribution < -0.4 is 4.90 Å². The lowest BCUT2D eigenvalue weighted by atomic mass is 10.1. The Morgan fingerprint density at radius 3 is 2.18 bits per heavy atom. The molecule has 4 nitrogen and oxygen atoms in total. The summed E-state index contributed by atoms with van der Waals surface area (Å²) in [5.74, 6) is -0.425. The van der Waals surface area contributed by atoms with Gasteiger partial charge in [0.05, 0.1) is 10.7 Å². The number of anilines is 1. The monoisotopic (exact) mass is 425 g/mol. The highest BCUT2D eigenvalue weighted by molar-refractivity contribution is 6.34. The molecule has 0 bridgehead atoms. The molecule has 0 atom stereocenters. The maximum atomic E-state index is 12.2. The number of fused-ring (bicyclic) bond motifs is 1. The molecule has 1 amide bonds. The van der Waals surface area contributed by atoms with E-state index < -0.39 is 0 Å². The van der Waals surface area contributed by atoms with Crippen molar-refractivity contribution in [2.75, 3.05) is 11.9 Å². The van der Waals surface area contributed by atoms with Gasteiger partial charge in [0.2, 0.25) is 0 Å². The van der Waals surface area contributed by atoms with E-state index in [1.807, 2.05) is 26.8 Å². The van der Waals surface area contributed by atoms with Crippen molar-refractivity contribution < 1.29 is 18.7 Å². The van der Waals surface area contributed by atoms with Crippen LogP contribution >= 0.6 is 23.2 Å².